The molecule has 0 heterocycles. The number of amides is 1. The predicted molar refractivity (Wildman–Crippen MR) is 67.6 cm³/mol. The minimum Gasteiger partial charge on any atom is -0.467 e. The number of carbonyl (C=O) groups is 2. The molecule has 0 aliphatic rings. The Kier molecular flexibility index (Phi) is 7.59. The van der Waals surface area contributed by atoms with Gasteiger partial charge < -0.3 is 10.1 Å². The van der Waals surface area contributed by atoms with E-state index in [4.69, 9.17) is 4.74 Å². The van der Waals surface area contributed by atoms with Crippen molar-refractivity contribution < 1.29 is 14.3 Å². The molecular formula is C13H25NO3. The fourth-order valence-corrected chi connectivity index (χ4v) is 1.85. The average molecular weight is 243 g/mol. The highest BCUT2D eigenvalue weighted by atomic mass is 16.5. The van der Waals surface area contributed by atoms with Gasteiger partial charge >= 0.3 is 5.97 Å². The van der Waals surface area contributed by atoms with E-state index in [1.807, 2.05) is 6.92 Å². The standard InChI is InChI=1S/C13H25NO3/c1-5-7-8-9-11(15)14-13(3,10-6-2)12(16)17-4/h5-10H2,1-4H3,(H,14,15). The van der Waals surface area contributed by atoms with Crippen LogP contribution in [0, 0.1) is 0 Å². The van der Waals surface area contributed by atoms with Gasteiger partial charge in [0.2, 0.25) is 5.91 Å². The normalized spacial score (nSPS) is 13.9. The first-order chi connectivity index (χ1) is 8.00. The van der Waals surface area contributed by atoms with E-state index in [1.54, 1.807) is 6.92 Å². The molecule has 4 heteroatoms. The summed E-state index contributed by atoms with van der Waals surface area (Å²) < 4.78 is 4.74. The molecule has 17 heavy (non-hydrogen) atoms. The van der Waals surface area contributed by atoms with Crippen molar-refractivity contribution >= 4 is 11.9 Å². The molecule has 0 aliphatic heterocycles. The second-order valence-electron chi connectivity index (χ2n) is 4.58. The van der Waals surface area contributed by atoms with Gasteiger partial charge in [-0.15, -0.1) is 0 Å². The molecule has 0 rings (SSSR count). The Labute approximate surface area is 104 Å². The second kappa shape index (κ2) is 8.09. The van der Waals surface area contributed by atoms with Crippen molar-refractivity contribution in [3.05, 3.63) is 0 Å². The lowest BCUT2D eigenvalue weighted by molar-refractivity contribution is -0.150. The van der Waals surface area contributed by atoms with Crippen LogP contribution in [0.5, 0.6) is 0 Å². The van der Waals surface area contributed by atoms with Gasteiger partial charge in [-0.1, -0.05) is 33.1 Å². The quantitative estimate of drug-likeness (QED) is 0.526. The molecule has 100 valence electrons. The Morgan fingerprint density at radius 1 is 1.18 bits per heavy atom. The van der Waals surface area contributed by atoms with Crippen LogP contribution >= 0.6 is 0 Å². The number of rotatable bonds is 8. The van der Waals surface area contributed by atoms with Crippen LogP contribution in [0.15, 0.2) is 0 Å². The van der Waals surface area contributed by atoms with E-state index in [-0.39, 0.29) is 11.9 Å². The molecule has 0 aromatic heterocycles. The van der Waals surface area contributed by atoms with Crippen LogP contribution in [-0.4, -0.2) is 24.5 Å². The molecule has 0 aliphatic carbocycles. The molecular weight excluding hydrogens is 218 g/mol. The monoisotopic (exact) mass is 243 g/mol. The largest absolute Gasteiger partial charge is 0.467 e. The van der Waals surface area contributed by atoms with E-state index in [0.29, 0.717) is 12.8 Å². The van der Waals surface area contributed by atoms with Crippen LogP contribution in [0.4, 0.5) is 0 Å². The minimum atomic E-state index is -0.882. The summed E-state index contributed by atoms with van der Waals surface area (Å²) in [7, 11) is 1.35. The van der Waals surface area contributed by atoms with Crippen LogP contribution in [0.25, 0.3) is 0 Å². The number of esters is 1. The Hall–Kier alpha value is -1.06. The van der Waals surface area contributed by atoms with Crippen LogP contribution in [0.1, 0.15) is 59.3 Å². The molecule has 0 bridgehead atoms. The first kappa shape index (κ1) is 15.9. The summed E-state index contributed by atoms with van der Waals surface area (Å²) in [6.45, 7) is 5.79. The topological polar surface area (TPSA) is 55.4 Å². The first-order valence-electron chi connectivity index (χ1n) is 6.39. The number of nitrogens with one attached hydrogen (secondary N) is 1. The third-order valence-electron chi connectivity index (χ3n) is 2.81. The number of methoxy groups -OCH3 is 1. The van der Waals surface area contributed by atoms with E-state index in [0.717, 1.165) is 25.7 Å². The molecule has 0 saturated heterocycles. The molecule has 0 saturated carbocycles. The highest BCUT2D eigenvalue weighted by Crippen LogP contribution is 2.15. The van der Waals surface area contributed by atoms with Crippen molar-refractivity contribution in [2.45, 2.75) is 64.8 Å². The molecule has 0 spiro atoms. The van der Waals surface area contributed by atoms with Gasteiger partial charge in [0.1, 0.15) is 5.54 Å². The Balaban J connectivity index is 4.33. The number of unbranched alkanes of at least 4 members (excludes halogenated alkanes) is 2. The van der Waals surface area contributed by atoms with Crippen molar-refractivity contribution in [1.82, 2.24) is 5.32 Å². The maximum Gasteiger partial charge on any atom is 0.331 e. The van der Waals surface area contributed by atoms with Crippen molar-refractivity contribution in [2.75, 3.05) is 7.11 Å². The Morgan fingerprint density at radius 2 is 1.82 bits per heavy atom. The predicted octanol–water partition coefficient (Wildman–Crippen LogP) is 2.41. The molecule has 1 amide bonds. The molecule has 1 atom stereocenters. The van der Waals surface area contributed by atoms with Crippen LogP contribution in [0.2, 0.25) is 0 Å². The van der Waals surface area contributed by atoms with Gasteiger partial charge in [-0.25, -0.2) is 4.79 Å². The Bertz CT molecular complexity index is 253. The number of hydrogen-bond acceptors (Lipinski definition) is 3. The minimum absolute atomic E-state index is 0.0696. The fourth-order valence-electron chi connectivity index (χ4n) is 1.85. The maximum atomic E-state index is 11.7. The van der Waals surface area contributed by atoms with E-state index in [2.05, 4.69) is 12.2 Å². The van der Waals surface area contributed by atoms with E-state index >= 15 is 0 Å². The third kappa shape index (κ3) is 5.71. The molecule has 1 unspecified atom stereocenters. The fraction of sp³-hybridized carbons (Fsp3) is 0.846. The molecule has 4 nitrogen and oxygen atoms in total. The zero-order valence-electron chi connectivity index (χ0n) is 11.5. The van der Waals surface area contributed by atoms with Crippen LogP contribution in [-0.2, 0) is 14.3 Å². The van der Waals surface area contributed by atoms with E-state index < -0.39 is 5.54 Å². The third-order valence-corrected chi connectivity index (χ3v) is 2.81. The number of hydrogen-bond donors (Lipinski definition) is 1. The van der Waals surface area contributed by atoms with Gasteiger partial charge in [0, 0.05) is 6.42 Å². The van der Waals surface area contributed by atoms with Gasteiger partial charge in [-0.3, -0.25) is 4.79 Å². The average Bonchev–Trinajstić information content (AvgIpc) is 2.28. The number of carbonyl (C=O) groups excluding carboxylic acids is 2. The Morgan fingerprint density at radius 3 is 2.29 bits per heavy atom. The van der Waals surface area contributed by atoms with Gasteiger partial charge in [0.05, 0.1) is 7.11 Å². The first-order valence-corrected chi connectivity index (χ1v) is 6.39. The summed E-state index contributed by atoms with van der Waals surface area (Å²) in [4.78, 5) is 23.4. The zero-order chi connectivity index (χ0) is 13.3. The lowest BCUT2D eigenvalue weighted by Crippen LogP contribution is -2.52. The summed E-state index contributed by atoms with van der Waals surface area (Å²) >= 11 is 0. The van der Waals surface area contributed by atoms with Gasteiger partial charge in [0.25, 0.3) is 0 Å². The molecule has 0 radical (unpaired) electrons. The highest BCUT2D eigenvalue weighted by molar-refractivity contribution is 5.87. The van der Waals surface area contributed by atoms with Gasteiger partial charge in [-0.05, 0) is 19.8 Å². The molecule has 0 fully saturated rings. The van der Waals surface area contributed by atoms with Crippen LogP contribution < -0.4 is 5.32 Å². The molecule has 1 N–H and O–H groups in total. The van der Waals surface area contributed by atoms with Crippen molar-refractivity contribution in [2.24, 2.45) is 0 Å². The summed E-state index contributed by atoms with van der Waals surface area (Å²) in [5.41, 5.74) is -0.882. The highest BCUT2D eigenvalue weighted by Gasteiger charge is 2.34. The lowest BCUT2D eigenvalue weighted by atomic mass is 9.96. The SMILES string of the molecule is CCCCCC(=O)NC(C)(CCC)C(=O)OC. The van der Waals surface area contributed by atoms with E-state index in [9.17, 15) is 9.59 Å². The number of ether oxygens (including phenoxy) is 1. The van der Waals surface area contributed by atoms with Crippen molar-refractivity contribution in [3.8, 4) is 0 Å². The van der Waals surface area contributed by atoms with Gasteiger partial charge in [0.15, 0.2) is 0 Å². The summed E-state index contributed by atoms with van der Waals surface area (Å²) in [5.74, 6) is -0.442. The van der Waals surface area contributed by atoms with Gasteiger partial charge in [-0.2, -0.15) is 0 Å². The lowest BCUT2D eigenvalue weighted by Gasteiger charge is -2.27. The zero-order valence-corrected chi connectivity index (χ0v) is 11.5. The second-order valence-corrected chi connectivity index (χ2v) is 4.58. The summed E-state index contributed by atoms with van der Waals surface area (Å²) in [5, 5.41) is 2.79. The molecule has 0 aromatic carbocycles. The van der Waals surface area contributed by atoms with Crippen LogP contribution in [0.3, 0.4) is 0 Å². The van der Waals surface area contributed by atoms with Crippen molar-refractivity contribution in [1.29, 1.82) is 0 Å². The molecule has 0 aromatic rings. The summed E-state index contributed by atoms with van der Waals surface area (Å²) in [6.07, 6.45) is 4.88. The smallest absolute Gasteiger partial charge is 0.331 e. The summed E-state index contributed by atoms with van der Waals surface area (Å²) in [6, 6.07) is 0. The maximum absolute atomic E-state index is 11.7. The van der Waals surface area contributed by atoms with E-state index in [1.165, 1.54) is 7.11 Å². The van der Waals surface area contributed by atoms with Crippen molar-refractivity contribution in [3.63, 3.8) is 0 Å².